The molecule has 0 bridgehead atoms. The maximum absolute atomic E-state index is 14.2. The van der Waals surface area contributed by atoms with E-state index in [9.17, 15) is 9.90 Å². The van der Waals surface area contributed by atoms with Crippen LogP contribution >= 0.6 is 23.2 Å². The first-order valence-electron chi connectivity index (χ1n) is 12.1. The van der Waals surface area contributed by atoms with E-state index in [1.165, 1.54) is 0 Å². The molecule has 3 aromatic rings. The molecular formula is C30H29Cl2NO3. The van der Waals surface area contributed by atoms with Crippen molar-refractivity contribution in [3.05, 3.63) is 111 Å². The molecule has 36 heavy (non-hydrogen) atoms. The van der Waals surface area contributed by atoms with Gasteiger partial charge >= 0.3 is 0 Å². The number of carbonyl (C=O) groups excluding carboxylic acids is 1. The van der Waals surface area contributed by atoms with Gasteiger partial charge < -0.3 is 9.84 Å². The van der Waals surface area contributed by atoms with Crippen molar-refractivity contribution in [1.29, 1.82) is 0 Å². The summed E-state index contributed by atoms with van der Waals surface area (Å²) < 4.78 is 6.86. The third-order valence-electron chi connectivity index (χ3n) is 7.52. The fourth-order valence-electron chi connectivity index (χ4n) is 5.01. The van der Waals surface area contributed by atoms with Crippen LogP contribution in [0, 0.1) is 5.41 Å². The van der Waals surface area contributed by atoms with Crippen molar-refractivity contribution in [2.75, 3.05) is 13.2 Å². The number of allylic oxidation sites excluding steroid dienone is 1. The van der Waals surface area contributed by atoms with Crippen molar-refractivity contribution in [1.82, 2.24) is 4.90 Å². The number of ether oxygens (including phenoxy) is 1. The van der Waals surface area contributed by atoms with Gasteiger partial charge in [0.15, 0.2) is 5.72 Å². The summed E-state index contributed by atoms with van der Waals surface area (Å²) in [5.74, 6) is -0.126. The summed E-state index contributed by atoms with van der Waals surface area (Å²) in [6.45, 7) is 8.37. The van der Waals surface area contributed by atoms with Crippen LogP contribution in [0.15, 0.2) is 73.3 Å². The van der Waals surface area contributed by atoms with Crippen LogP contribution in [0.3, 0.4) is 0 Å². The van der Waals surface area contributed by atoms with Crippen LogP contribution in [0.25, 0.3) is 5.57 Å². The molecule has 5 rings (SSSR count). The third kappa shape index (κ3) is 4.16. The number of carbonyl (C=O) groups is 1. The van der Waals surface area contributed by atoms with Gasteiger partial charge in [0.25, 0.3) is 5.91 Å². The van der Waals surface area contributed by atoms with E-state index < -0.39 is 5.72 Å². The Morgan fingerprint density at radius 3 is 2.22 bits per heavy atom. The molecule has 1 N–H and O–H groups in total. The second-order valence-corrected chi connectivity index (χ2v) is 10.9. The number of nitrogens with zero attached hydrogens (tertiary/aromatic N) is 1. The highest BCUT2D eigenvalue weighted by molar-refractivity contribution is 6.30. The Labute approximate surface area is 222 Å². The van der Waals surface area contributed by atoms with Crippen molar-refractivity contribution in [2.24, 2.45) is 5.41 Å². The molecule has 0 aromatic heterocycles. The number of halogens is 2. The van der Waals surface area contributed by atoms with Gasteiger partial charge in [0.05, 0.1) is 19.3 Å². The first kappa shape index (κ1) is 25.0. The Bertz CT molecular complexity index is 1320. The van der Waals surface area contributed by atoms with Gasteiger partial charge in [0.2, 0.25) is 0 Å². The molecule has 2 atom stereocenters. The zero-order valence-electron chi connectivity index (χ0n) is 20.4. The molecule has 6 heteroatoms. The fourth-order valence-corrected chi connectivity index (χ4v) is 5.26. The highest BCUT2D eigenvalue weighted by Crippen LogP contribution is 2.53. The Morgan fingerprint density at radius 2 is 1.67 bits per heavy atom. The van der Waals surface area contributed by atoms with Crippen molar-refractivity contribution in [3.63, 3.8) is 0 Å². The van der Waals surface area contributed by atoms with E-state index in [1.54, 1.807) is 0 Å². The number of amides is 1. The molecule has 0 saturated heterocycles. The number of hydrogen-bond acceptors (Lipinski definition) is 3. The van der Waals surface area contributed by atoms with Gasteiger partial charge in [-0.3, -0.25) is 9.69 Å². The SMILES string of the molecule is C=C(C)c1ccc2c(c1)C(=O)N([C@@H](C)c1ccc(Cl)cc1)C2(OCC1(CO)CC1)c1ccc(Cl)cc1. The second-order valence-electron chi connectivity index (χ2n) is 10.0. The van der Waals surface area contributed by atoms with E-state index in [0.29, 0.717) is 22.2 Å². The van der Waals surface area contributed by atoms with Crippen molar-refractivity contribution >= 4 is 34.7 Å². The second kappa shape index (κ2) is 9.35. The largest absolute Gasteiger partial charge is 0.396 e. The summed E-state index contributed by atoms with van der Waals surface area (Å²) in [5, 5.41) is 11.3. The first-order chi connectivity index (χ1) is 17.2. The number of fused-ring (bicyclic) bond motifs is 1. The number of benzene rings is 3. The third-order valence-corrected chi connectivity index (χ3v) is 8.02. The van der Waals surface area contributed by atoms with E-state index in [1.807, 2.05) is 85.5 Å². The summed E-state index contributed by atoms with van der Waals surface area (Å²) in [7, 11) is 0. The smallest absolute Gasteiger partial charge is 0.257 e. The lowest BCUT2D eigenvalue weighted by Gasteiger charge is -2.43. The van der Waals surface area contributed by atoms with Crippen LogP contribution < -0.4 is 0 Å². The lowest BCUT2D eigenvalue weighted by atomic mass is 9.90. The van der Waals surface area contributed by atoms with Crippen molar-refractivity contribution in [2.45, 2.75) is 38.5 Å². The van der Waals surface area contributed by atoms with Gasteiger partial charge in [-0.05, 0) is 68.1 Å². The van der Waals surface area contributed by atoms with Crippen molar-refractivity contribution < 1.29 is 14.6 Å². The minimum absolute atomic E-state index is 0.0475. The van der Waals surface area contributed by atoms with Crippen LogP contribution in [0.4, 0.5) is 0 Å². The zero-order valence-corrected chi connectivity index (χ0v) is 21.9. The summed E-state index contributed by atoms with van der Waals surface area (Å²) in [4.78, 5) is 16.1. The fraction of sp³-hybridized carbons (Fsp3) is 0.300. The topological polar surface area (TPSA) is 49.8 Å². The van der Waals surface area contributed by atoms with E-state index in [4.69, 9.17) is 27.9 Å². The summed E-state index contributed by atoms with van der Waals surface area (Å²) in [6.07, 6.45) is 1.78. The Balaban J connectivity index is 1.73. The number of rotatable bonds is 8. The van der Waals surface area contributed by atoms with E-state index in [2.05, 4.69) is 6.58 Å². The zero-order chi connectivity index (χ0) is 25.7. The number of hydrogen-bond donors (Lipinski definition) is 1. The average Bonchev–Trinajstić information content (AvgIpc) is 3.62. The first-order valence-corrected chi connectivity index (χ1v) is 12.9. The summed E-state index contributed by atoms with van der Waals surface area (Å²) >= 11 is 12.4. The predicted molar refractivity (Wildman–Crippen MR) is 144 cm³/mol. The lowest BCUT2D eigenvalue weighted by Crippen LogP contribution is -2.49. The Hall–Kier alpha value is -2.63. The van der Waals surface area contributed by atoms with E-state index in [0.717, 1.165) is 40.7 Å². The molecule has 1 fully saturated rings. The highest BCUT2D eigenvalue weighted by Gasteiger charge is 2.56. The maximum Gasteiger partial charge on any atom is 0.257 e. The van der Waals surface area contributed by atoms with E-state index in [-0.39, 0.29) is 24.0 Å². The average molecular weight is 522 g/mol. The Kier molecular flexibility index (Phi) is 6.50. The van der Waals surface area contributed by atoms with Crippen LogP contribution in [-0.2, 0) is 10.5 Å². The molecule has 0 radical (unpaired) electrons. The van der Waals surface area contributed by atoms with Gasteiger partial charge in [-0.15, -0.1) is 0 Å². The molecule has 1 unspecified atom stereocenters. The molecule has 1 aliphatic heterocycles. The van der Waals surface area contributed by atoms with Gasteiger partial charge in [-0.1, -0.05) is 71.8 Å². The minimum atomic E-state index is -1.20. The molecule has 186 valence electrons. The van der Waals surface area contributed by atoms with Gasteiger partial charge in [0, 0.05) is 32.2 Å². The lowest BCUT2D eigenvalue weighted by molar-refractivity contribution is -0.137. The standard InChI is InChI=1S/C30H29Cl2NO3/c1-19(2)22-6-13-27-26(16-22)28(35)33(20(3)21-4-9-24(31)10-5-21)30(27,23-7-11-25(32)12-8-23)36-18-29(17-34)14-15-29/h4-13,16,20,34H,1,14-15,17-18H2,2-3H3/t20-,30?/m0/s1. The minimum Gasteiger partial charge on any atom is -0.396 e. The molecule has 1 aliphatic carbocycles. The molecule has 1 saturated carbocycles. The van der Waals surface area contributed by atoms with Gasteiger partial charge in [0.1, 0.15) is 0 Å². The van der Waals surface area contributed by atoms with Crippen molar-refractivity contribution in [3.8, 4) is 0 Å². The highest BCUT2D eigenvalue weighted by atomic mass is 35.5. The normalized spacial score (nSPS) is 20.8. The molecule has 1 heterocycles. The molecule has 3 aromatic carbocycles. The van der Waals surface area contributed by atoms with Crippen LogP contribution in [0.2, 0.25) is 10.0 Å². The van der Waals surface area contributed by atoms with E-state index >= 15 is 0 Å². The quantitative estimate of drug-likeness (QED) is 0.340. The molecule has 1 amide bonds. The molecular weight excluding hydrogens is 493 g/mol. The summed E-state index contributed by atoms with van der Waals surface area (Å²) in [5.41, 5.74) is 3.40. The van der Waals surface area contributed by atoms with Gasteiger partial charge in [-0.25, -0.2) is 0 Å². The number of aliphatic hydroxyl groups is 1. The predicted octanol–water partition coefficient (Wildman–Crippen LogP) is 7.23. The molecule has 0 spiro atoms. The monoisotopic (exact) mass is 521 g/mol. The summed E-state index contributed by atoms with van der Waals surface area (Å²) in [6, 6.07) is 20.5. The van der Waals surface area contributed by atoms with Crippen LogP contribution in [-0.4, -0.2) is 29.1 Å². The maximum atomic E-state index is 14.2. The molecule has 4 nitrogen and oxygen atoms in total. The van der Waals surface area contributed by atoms with Crippen LogP contribution in [0.1, 0.15) is 65.3 Å². The Morgan fingerprint density at radius 1 is 1.06 bits per heavy atom. The molecule has 2 aliphatic rings. The number of aliphatic hydroxyl groups excluding tert-OH is 1. The van der Waals surface area contributed by atoms with Gasteiger partial charge in [-0.2, -0.15) is 0 Å². The van der Waals surface area contributed by atoms with Crippen LogP contribution in [0.5, 0.6) is 0 Å².